The minimum atomic E-state index is 0.687. The van der Waals surface area contributed by atoms with Crippen LogP contribution in [0.25, 0.3) is 0 Å². The summed E-state index contributed by atoms with van der Waals surface area (Å²) in [5, 5.41) is 8.09. The van der Waals surface area contributed by atoms with Gasteiger partial charge in [0.25, 0.3) is 0 Å². The van der Waals surface area contributed by atoms with E-state index in [0.29, 0.717) is 6.04 Å². The fourth-order valence-corrected chi connectivity index (χ4v) is 3.17. The fourth-order valence-electron chi connectivity index (χ4n) is 3.17. The number of hydrogen-bond donors (Lipinski definition) is 0. The van der Waals surface area contributed by atoms with Crippen LogP contribution < -0.4 is 0 Å². The van der Waals surface area contributed by atoms with Crippen LogP contribution in [0.15, 0.2) is 18.3 Å². The molecule has 2 aliphatic heterocycles. The number of likely N-dealkylation sites (tertiary alicyclic amines) is 1. The highest BCUT2D eigenvalue weighted by molar-refractivity contribution is 5.01. The maximum absolute atomic E-state index is 4.16. The Morgan fingerprint density at radius 3 is 2.55 bits per heavy atom. The lowest BCUT2D eigenvalue weighted by Crippen LogP contribution is -2.63. The molecule has 0 aromatic carbocycles. The van der Waals surface area contributed by atoms with Crippen molar-refractivity contribution in [2.24, 2.45) is 0 Å². The Morgan fingerprint density at radius 2 is 1.95 bits per heavy atom. The molecule has 5 heteroatoms. The summed E-state index contributed by atoms with van der Waals surface area (Å²) in [7, 11) is 0. The van der Waals surface area contributed by atoms with Crippen LogP contribution in [0.3, 0.4) is 0 Å². The molecule has 5 nitrogen and oxygen atoms in total. The average Bonchev–Trinajstić information content (AvgIpc) is 2.44. The summed E-state index contributed by atoms with van der Waals surface area (Å²) < 4.78 is 0. The van der Waals surface area contributed by atoms with Crippen molar-refractivity contribution in [1.82, 2.24) is 24.9 Å². The van der Waals surface area contributed by atoms with Gasteiger partial charge in [-0.15, -0.1) is 0 Å². The number of hydrogen-bond acceptors (Lipinski definition) is 5. The summed E-state index contributed by atoms with van der Waals surface area (Å²) in [5.74, 6) is 0. The molecule has 0 radical (unpaired) electrons. The first-order valence-electron chi connectivity index (χ1n) is 7.69. The highest BCUT2D eigenvalue weighted by Gasteiger charge is 2.33. The van der Waals surface area contributed by atoms with E-state index in [9.17, 15) is 0 Å². The Morgan fingerprint density at radius 1 is 1.20 bits per heavy atom. The first kappa shape index (κ1) is 13.9. The summed E-state index contributed by atoms with van der Waals surface area (Å²) in [6.07, 6.45) is 1.73. The van der Waals surface area contributed by atoms with Crippen molar-refractivity contribution >= 4 is 0 Å². The summed E-state index contributed by atoms with van der Waals surface area (Å²) in [5.41, 5.74) is 1.08. The van der Waals surface area contributed by atoms with Crippen LogP contribution in [0.1, 0.15) is 19.5 Å². The lowest BCUT2D eigenvalue weighted by molar-refractivity contribution is -0.00470. The lowest BCUT2D eigenvalue weighted by atomic mass is 10.1. The summed E-state index contributed by atoms with van der Waals surface area (Å²) in [6, 6.07) is 5.46. The second-order valence-corrected chi connectivity index (χ2v) is 6.23. The maximum atomic E-state index is 4.16. The number of aromatic nitrogens is 2. The Hall–Kier alpha value is -1.04. The molecular weight excluding hydrogens is 250 g/mol. The van der Waals surface area contributed by atoms with E-state index in [4.69, 9.17) is 0 Å². The first-order chi connectivity index (χ1) is 9.72. The van der Waals surface area contributed by atoms with Crippen molar-refractivity contribution in [3.63, 3.8) is 0 Å². The van der Waals surface area contributed by atoms with E-state index in [0.717, 1.165) is 18.3 Å². The Labute approximate surface area is 121 Å². The van der Waals surface area contributed by atoms with Crippen molar-refractivity contribution in [2.75, 3.05) is 39.3 Å². The minimum Gasteiger partial charge on any atom is -0.298 e. The number of piperazine rings is 1. The SMILES string of the molecule is CC(C)N1CCN(C2CN(Cc3cccnn3)C2)CC1. The zero-order chi connectivity index (χ0) is 13.9. The van der Waals surface area contributed by atoms with Crippen molar-refractivity contribution in [1.29, 1.82) is 0 Å². The third-order valence-electron chi connectivity index (χ3n) is 4.55. The van der Waals surface area contributed by atoms with E-state index >= 15 is 0 Å². The quantitative estimate of drug-likeness (QED) is 0.808. The van der Waals surface area contributed by atoms with E-state index in [1.165, 1.54) is 39.3 Å². The fraction of sp³-hybridized carbons (Fsp3) is 0.733. The predicted octanol–water partition coefficient (Wildman–Crippen LogP) is 0.687. The summed E-state index contributed by atoms with van der Waals surface area (Å²) in [4.78, 5) is 7.70. The Bertz CT molecular complexity index is 408. The highest BCUT2D eigenvalue weighted by atomic mass is 15.4. The van der Waals surface area contributed by atoms with E-state index < -0.39 is 0 Å². The molecule has 0 atom stereocenters. The van der Waals surface area contributed by atoms with Crippen molar-refractivity contribution in [2.45, 2.75) is 32.5 Å². The Kier molecular flexibility index (Phi) is 4.29. The van der Waals surface area contributed by atoms with Crippen molar-refractivity contribution < 1.29 is 0 Å². The second-order valence-electron chi connectivity index (χ2n) is 6.23. The van der Waals surface area contributed by atoms with Crippen molar-refractivity contribution in [3.05, 3.63) is 24.0 Å². The first-order valence-corrected chi connectivity index (χ1v) is 7.69. The zero-order valence-electron chi connectivity index (χ0n) is 12.6. The highest BCUT2D eigenvalue weighted by Crippen LogP contribution is 2.19. The predicted molar refractivity (Wildman–Crippen MR) is 79.4 cm³/mol. The topological polar surface area (TPSA) is 35.5 Å². The van der Waals surface area contributed by atoms with Gasteiger partial charge in [0.2, 0.25) is 0 Å². The van der Waals surface area contributed by atoms with E-state index in [-0.39, 0.29) is 0 Å². The largest absolute Gasteiger partial charge is 0.298 e. The molecule has 3 rings (SSSR count). The standard InChI is InChI=1S/C15H25N5/c1-13(2)19-6-8-20(9-7-19)15-11-18(12-15)10-14-4-3-5-16-17-14/h3-5,13,15H,6-12H2,1-2H3. The van der Waals surface area contributed by atoms with E-state index in [2.05, 4.69) is 44.8 Å². The molecule has 0 amide bonds. The van der Waals surface area contributed by atoms with Crippen LogP contribution in [0.2, 0.25) is 0 Å². The monoisotopic (exact) mass is 275 g/mol. The molecule has 20 heavy (non-hydrogen) atoms. The normalized spacial score (nSPS) is 23.1. The van der Waals surface area contributed by atoms with E-state index in [1.807, 2.05) is 6.07 Å². The van der Waals surface area contributed by atoms with Gasteiger partial charge in [-0.3, -0.25) is 14.7 Å². The molecule has 2 aliphatic rings. The molecule has 0 aliphatic carbocycles. The molecule has 1 aromatic rings. The maximum Gasteiger partial charge on any atom is 0.0771 e. The zero-order valence-corrected chi connectivity index (χ0v) is 12.6. The Balaban J connectivity index is 1.40. The van der Waals surface area contributed by atoms with Gasteiger partial charge in [-0.1, -0.05) is 0 Å². The summed E-state index contributed by atoms with van der Waals surface area (Å²) >= 11 is 0. The molecule has 0 unspecified atom stereocenters. The van der Waals surface area contributed by atoms with Crippen LogP contribution in [0, 0.1) is 0 Å². The van der Waals surface area contributed by atoms with Gasteiger partial charge < -0.3 is 0 Å². The van der Waals surface area contributed by atoms with E-state index in [1.54, 1.807) is 6.20 Å². The van der Waals surface area contributed by atoms with Crippen LogP contribution >= 0.6 is 0 Å². The molecular formula is C15H25N5. The van der Waals surface area contributed by atoms with Gasteiger partial charge in [-0.2, -0.15) is 10.2 Å². The molecule has 2 saturated heterocycles. The van der Waals surface area contributed by atoms with Crippen LogP contribution in [-0.2, 0) is 6.54 Å². The van der Waals surface area contributed by atoms with Crippen LogP contribution in [-0.4, -0.2) is 76.2 Å². The lowest BCUT2D eigenvalue weighted by Gasteiger charge is -2.48. The molecule has 110 valence electrons. The van der Waals surface area contributed by atoms with Gasteiger partial charge in [0.1, 0.15) is 0 Å². The van der Waals surface area contributed by atoms with Gasteiger partial charge in [0.15, 0.2) is 0 Å². The van der Waals surface area contributed by atoms with Gasteiger partial charge in [0.05, 0.1) is 5.69 Å². The van der Waals surface area contributed by atoms with Crippen LogP contribution in [0.5, 0.6) is 0 Å². The second kappa shape index (κ2) is 6.16. The molecule has 1 aromatic heterocycles. The number of nitrogens with zero attached hydrogens (tertiary/aromatic N) is 5. The molecule has 0 spiro atoms. The van der Waals surface area contributed by atoms with Gasteiger partial charge in [0, 0.05) is 64.1 Å². The molecule has 0 bridgehead atoms. The van der Waals surface area contributed by atoms with Gasteiger partial charge in [-0.25, -0.2) is 0 Å². The minimum absolute atomic E-state index is 0.687. The van der Waals surface area contributed by atoms with Gasteiger partial charge in [-0.05, 0) is 26.0 Å². The third kappa shape index (κ3) is 3.16. The number of rotatable bonds is 4. The van der Waals surface area contributed by atoms with Crippen LogP contribution in [0.4, 0.5) is 0 Å². The molecule has 0 N–H and O–H groups in total. The smallest absolute Gasteiger partial charge is 0.0771 e. The van der Waals surface area contributed by atoms with Crippen molar-refractivity contribution in [3.8, 4) is 0 Å². The molecule has 2 fully saturated rings. The van der Waals surface area contributed by atoms with Gasteiger partial charge >= 0.3 is 0 Å². The average molecular weight is 275 g/mol. The molecule has 3 heterocycles. The molecule has 0 saturated carbocycles. The summed E-state index contributed by atoms with van der Waals surface area (Å²) in [6.45, 7) is 12.8. The third-order valence-corrected chi connectivity index (χ3v) is 4.55.